The fourth-order valence-electron chi connectivity index (χ4n) is 3.16. The Morgan fingerprint density at radius 1 is 1.18 bits per heavy atom. The second-order valence-electron chi connectivity index (χ2n) is 5.89. The van der Waals surface area contributed by atoms with Gasteiger partial charge >= 0.3 is 0 Å². The molecule has 1 fully saturated rings. The van der Waals surface area contributed by atoms with Gasteiger partial charge in [0.05, 0.1) is 11.0 Å². The normalized spacial score (nSPS) is 18.6. The van der Waals surface area contributed by atoms with Crippen LogP contribution < -0.4 is 5.32 Å². The summed E-state index contributed by atoms with van der Waals surface area (Å²) in [6.07, 6.45) is 7.04. The van der Waals surface area contributed by atoms with Gasteiger partial charge in [0.2, 0.25) is 0 Å². The quantitative estimate of drug-likeness (QED) is 0.805. The van der Waals surface area contributed by atoms with Crippen molar-refractivity contribution in [2.45, 2.75) is 19.3 Å². The first-order valence-electron chi connectivity index (χ1n) is 7.84. The third-order valence-electron chi connectivity index (χ3n) is 4.31. The minimum Gasteiger partial charge on any atom is -0.316 e. The molecule has 1 saturated heterocycles. The van der Waals surface area contributed by atoms with E-state index in [4.69, 9.17) is 0 Å². The van der Waals surface area contributed by atoms with E-state index in [2.05, 4.69) is 32.4 Å². The van der Waals surface area contributed by atoms with Crippen LogP contribution in [0.4, 0.5) is 0 Å². The monoisotopic (exact) mass is 293 g/mol. The minimum absolute atomic E-state index is 0.677. The number of nitrogens with zero attached hydrogens (tertiary/aromatic N) is 4. The number of imidazole rings is 1. The summed E-state index contributed by atoms with van der Waals surface area (Å²) < 4.78 is 2.03. The molecule has 1 unspecified atom stereocenters. The summed E-state index contributed by atoms with van der Waals surface area (Å²) in [5.41, 5.74) is 3.17. The zero-order valence-corrected chi connectivity index (χ0v) is 12.4. The van der Waals surface area contributed by atoms with Crippen LogP contribution in [0.5, 0.6) is 0 Å². The summed E-state index contributed by atoms with van der Waals surface area (Å²) in [7, 11) is 0. The molecule has 3 heterocycles. The molecule has 1 atom stereocenters. The SMILES string of the molecule is c1ccc2c(c1)ncn2-c1cc(CC2CCCNC2)ncn1. The Labute approximate surface area is 129 Å². The predicted octanol–water partition coefficient (Wildman–Crippen LogP) is 2.36. The number of nitrogens with one attached hydrogen (secondary N) is 1. The van der Waals surface area contributed by atoms with Gasteiger partial charge in [0, 0.05) is 11.8 Å². The number of benzene rings is 1. The molecule has 0 radical (unpaired) electrons. The van der Waals surface area contributed by atoms with E-state index in [9.17, 15) is 0 Å². The lowest BCUT2D eigenvalue weighted by atomic mass is 9.94. The fourth-order valence-corrected chi connectivity index (χ4v) is 3.16. The summed E-state index contributed by atoms with van der Waals surface area (Å²) in [6.45, 7) is 2.24. The van der Waals surface area contributed by atoms with Crippen molar-refractivity contribution in [2.24, 2.45) is 5.92 Å². The maximum Gasteiger partial charge on any atom is 0.142 e. The average molecular weight is 293 g/mol. The van der Waals surface area contributed by atoms with Crippen LogP contribution in [-0.4, -0.2) is 32.6 Å². The highest BCUT2D eigenvalue weighted by atomic mass is 15.1. The molecule has 3 aromatic rings. The molecule has 112 valence electrons. The van der Waals surface area contributed by atoms with Crippen LogP contribution in [0.3, 0.4) is 0 Å². The van der Waals surface area contributed by atoms with Gasteiger partial charge in [0.15, 0.2) is 0 Å². The van der Waals surface area contributed by atoms with Crippen molar-refractivity contribution in [1.82, 2.24) is 24.8 Å². The number of piperidine rings is 1. The maximum atomic E-state index is 4.45. The lowest BCUT2D eigenvalue weighted by molar-refractivity contribution is 0.373. The van der Waals surface area contributed by atoms with Crippen molar-refractivity contribution >= 4 is 11.0 Å². The zero-order valence-electron chi connectivity index (χ0n) is 12.4. The van der Waals surface area contributed by atoms with Gasteiger partial charge < -0.3 is 5.32 Å². The summed E-state index contributed by atoms with van der Waals surface area (Å²) in [6, 6.07) is 10.2. The third kappa shape index (κ3) is 2.60. The standard InChI is InChI=1S/C17H19N5/c1-2-6-16-15(5-1)21-12-22(16)17-9-14(19-11-20-17)8-13-4-3-7-18-10-13/h1-2,5-6,9,11-13,18H,3-4,7-8,10H2. The van der Waals surface area contributed by atoms with Crippen molar-refractivity contribution in [3.8, 4) is 5.82 Å². The van der Waals surface area contributed by atoms with E-state index in [0.29, 0.717) is 5.92 Å². The highest BCUT2D eigenvalue weighted by molar-refractivity contribution is 5.76. The average Bonchev–Trinajstić information content (AvgIpc) is 3.00. The largest absolute Gasteiger partial charge is 0.316 e. The molecule has 1 aromatic carbocycles. The van der Waals surface area contributed by atoms with E-state index in [1.165, 1.54) is 12.8 Å². The van der Waals surface area contributed by atoms with Crippen LogP contribution in [0.2, 0.25) is 0 Å². The lowest BCUT2D eigenvalue weighted by Gasteiger charge is -2.22. The number of hydrogen-bond donors (Lipinski definition) is 1. The van der Waals surface area contributed by atoms with E-state index in [1.807, 2.05) is 29.1 Å². The van der Waals surface area contributed by atoms with Crippen LogP contribution in [0, 0.1) is 5.92 Å². The number of para-hydroxylation sites is 2. The van der Waals surface area contributed by atoms with Crippen molar-refractivity contribution in [1.29, 1.82) is 0 Å². The number of rotatable bonds is 3. The molecule has 22 heavy (non-hydrogen) atoms. The second-order valence-corrected chi connectivity index (χ2v) is 5.89. The number of fused-ring (bicyclic) bond motifs is 1. The molecule has 5 heteroatoms. The molecule has 0 spiro atoms. The van der Waals surface area contributed by atoms with Crippen LogP contribution >= 0.6 is 0 Å². The second kappa shape index (κ2) is 5.85. The van der Waals surface area contributed by atoms with Gasteiger partial charge in [-0.3, -0.25) is 4.57 Å². The molecule has 0 saturated carbocycles. The zero-order chi connectivity index (χ0) is 14.8. The highest BCUT2D eigenvalue weighted by Crippen LogP contribution is 2.19. The maximum absolute atomic E-state index is 4.45. The van der Waals surface area contributed by atoms with Gasteiger partial charge in [-0.2, -0.15) is 0 Å². The summed E-state index contributed by atoms with van der Waals surface area (Å²) in [4.78, 5) is 13.3. The van der Waals surface area contributed by atoms with Crippen molar-refractivity contribution in [3.63, 3.8) is 0 Å². The van der Waals surface area contributed by atoms with Crippen LogP contribution in [-0.2, 0) is 6.42 Å². The first kappa shape index (κ1) is 13.4. The van der Waals surface area contributed by atoms with Crippen molar-refractivity contribution < 1.29 is 0 Å². The first-order chi connectivity index (χ1) is 10.9. The molecule has 0 aliphatic carbocycles. The van der Waals surface area contributed by atoms with Crippen LogP contribution in [0.15, 0.2) is 43.0 Å². The van der Waals surface area contributed by atoms with Crippen molar-refractivity contribution in [2.75, 3.05) is 13.1 Å². The molecular formula is C17H19N5. The summed E-state index contributed by atoms with van der Waals surface area (Å²) in [5, 5.41) is 3.46. The predicted molar refractivity (Wildman–Crippen MR) is 86.0 cm³/mol. The third-order valence-corrected chi connectivity index (χ3v) is 4.31. The van der Waals surface area contributed by atoms with Gasteiger partial charge in [-0.25, -0.2) is 15.0 Å². The number of hydrogen-bond acceptors (Lipinski definition) is 4. The molecule has 5 nitrogen and oxygen atoms in total. The van der Waals surface area contributed by atoms with Gasteiger partial charge in [0.1, 0.15) is 18.5 Å². The van der Waals surface area contributed by atoms with Crippen LogP contribution in [0.25, 0.3) is 16.9 Å². The Kier molecular flexibility index (Phi) is 3.56. The van der Waals surface area contributed by atoms with E-state index < -0.39 is 0 Å². The topological polar surface area (TPSA) is 55.6 Å². The van der Waals surface area contributed by atoms with Gasteiger partial charge in [-0.05, 0) is 50.4 Å². The molecule has 1 N–H and O–H groups in total. The van der Waals surface area contributed by atoms with Crippen molar-refractivity contribution in [3.05, 3.63) is 48.7 Å². The summed E-state index contributed by atoms with van der Waals surface area (Å²) >= 11 is 0. The van der Waals surface area contributed by atoms with E-state index in [-0.39, 0.29) is 0 Å². The van der Waals surface area contributed by atoms with E-state index in [1.54, 1.807) is 6.33 Å². The lowest BCUT2D eigenvalue weighted by Crippen LogP contribution is -2.31. The molecule has 1 aliphatic heterocycles. The van der Waals surface area contributed by atoms with Crippen LogP contribution in [0.1, 0.15) is 18.5 Å². The van der Waals surface area contributed by atoms with E-state index >= 15 is 0 Å². The first-order valence-corrected chi connectivity index (χ1v) is 7.84. The highest BCUT2D eigenvalue weighted by Gasteiger charge is 2.15. The molecule has 0 amide bonds. The summed E-state index contributed by atoms with van der Waals surface area (Å²) in [5.74, 6) is 1.57. The number of aromatic nitrogens is 4. The Bertz CT molecular complexity index is 773. The minimum atomic E-state index is 0.677. The fraction of sp³-hybridized carbons (Fsp3) is 0.353. The Hall–Kier alpha value is -2.27. The van der Waals surface area contributed by atoms with Gasteiger partial charge in [-0.1, -0.05) is 12.1 Å². The Morgan fingerprint density at radius 3 is 3.05 bits per heavy atom. The molecule has 0 bridgehead atoms. The molecule has 4 rings (SSSR count). The molecular weight excluding hydrogens is 274 g/mol. The molecule has 1 aliphatic rings. The smallest absolute Gasteiger partial charge is 0.142 e. The molecule has 2 aromatic heterocycles. The Morgan fingerprint density at radius 2 is 2.14 bits per heavy atom. The Balaban J connectivity index is 1.63. The van der Waals surface area contributed by atoms with E-state index in [0.717, 1.165) is 42.1 Å². The van der Waals surface area contributed by atoms with Gasteiger partial charge in [-0.15, -0.1) is 0 Å². The van der Waals surface area contributed by atoms with Gasteiger partial charge in [0.25, 0.3) is 0 Å².